The molecule has 0 radical (unpaired) electrons. The SMILES string of the molecule is c1ccc(-c2ccc3c(c2)c2cc4c5cc(-c6ccc7c8ccccc8n(-c8ccccc8)c7c6)ccc5n(-c5ccccc5)c4cc2n3-c2ccccc2)cc1. The van der Waals surface area contributed by atoms with E-state index in [0.717, 1.165) is 17.1 Å². The van der Waals surface area contributed by atoms with Crippen molar-refractivity contribution in [2.75, 3.05) is 0 Å². The Kier molecular flexibility index (Phi) is 6.93. The number of hydrogen-bond donors (Lipinski definition) is 0. The van der Waals surface area contributed by atoms with Crippen LogP contribution in [-0.4, -0.2) is 13.7 Å². The van der Waals surface area contributed by atoms with Gasteiger partial charge in [-0.3, -0.25) is 0 Å². The minimum Gasteiger partial charge on any atom is -0.309 e. The van der Waals surface area contributed by atoms with Crippen LogP contribution in [0.4, 0.5) is 0 Å². The molecule has 0 atom stereocenters. The summed E-state index contributed by atoms with van der Waals surface area (Å²) in [5, 5.41) is 7.47. The Balaban J connectivity index is 1.15. The molecule has 0 aliphatic heterocycles. The summed E-state index contributed by atoms with van der Waals surface area (Å²) in [6, 6.07) is 77.5. The average Bonchev–Trinajstić information content (AvgIpc) is 3.91. The molecule has 9 aromatic carbocycles. The van der Waals surface area contributed by atoms with E-state index in [4.69, 9.17) is 0 Å². The van der Waals surface area contributed by atoms with E-state index in [2.05, 4.69) is 226 Å². The Labute approximate surface area is 329 Å². The van der Waals surface area contributed by atoms with Gasteiger partial charge in [0.25, 0.3) is 0 Å². The summed E-state index contributed by atoms with van der Waals surface area (Å²) >= 11 is 0. The van der Waals surface area contributed by atoms with Crippen LogP contribution in [-0.2, 0) is 0 Å². The van der Waals surface area contributed by atoms with Gasteiger partial charge in [0.1, 0.15) is 0 Å². The van der Waals surface area contributed by atoms with Crippen molar-refractivity contribution in [2.24, 2.45) is 0 Å². The van der Waals surface area contributed by atoms with Gasteiger partial charge in [-0.1, -0.05) is 127 Å². The van der Waals surface area contributed by atoms with Gasteiger partial charge in [0, 0.05) is 49.4 Å². The van der Waals surface area contributed by atoms with Gasteiger partial charge in [0.15, 0.2) is 0 Å². The van der Waals surface area contributed by atoms with E-state index in [1.54, 1.807) is 0 Å². The minimum atomic E-state index is 1.15. The molecule has 3 heteroatoms. The minimum absolute atomic E-state index is 1.15. The third-order valence-corrected chi connectivity index (χ3v) is 11.8. The summed E-state index contributed by atoms with van der Waals surface area (Å²) in [5.41, 5.74) is 15.5. The third-order valence-electron chi connectivity index (χ3n) is 11.8. The summed E-state index contributed by atoms with van der Waals surface area (Å²) in [4.78, 5) is 0. The first-order valence-corrected chi connectivity index (χ1v) is 19.6. The first kappa shape index (κ1) is 31.7. The number of fused-ring (bicyclic) bond motifs is 9. The van der Waals surface area contributed by atoms with Crippen molar-refractivity contribution in [3.8, 4) is 39.3 Å². The number of nitrogens with zero attached hydrogens (tertiary/aromatic N) is 3. The number of hydrogen-bond acceptors (Lipinski definition) is 0. The lowest BCUT2D eigenvalue weighted by atomic mass is 10.00. The maximum Gasteiger partial charge on any atom is 0.0562 e. The van der Waals surface area contributed by atoms with Crippen LogP contribution in [0.15, 0.2) is 212 Å². The number of para-hydroxylation sites is 4. The Morgan fingerprint density at radius 2 is 0.561 bits per heavy atom. The highest BCUT2D eigenvalue weighted by Gasteiger charge is 2.20. The molecule has 0 saturated heterocycles. The summed E-state index contributed by atoms with van der Waals surface area (Å²) in [6.07, 6.45) is 0. The maximum absolute atomic E-state index is 2.45. The monoisotopic (exact) mass is 725 g/mol. The lowest BCUT2D eigenvalue weighted by Gasteiger charge is -2.10. The maximum atomic E-state index is 2.45. The summed E-state index contributed by atoms with van der Waals surface area (Å²) in [7, 11) is 0. The van der Waals surface area contributed by atoms with E-state index < -0.39 is 0 Å². The Hall–Kier alpha value is -7.62. The smallest absolute Gasteiger partial charge is 0.0562 e. The molecule has 0 amide bonds. The van der Waals surface area contributed by atoms with E-state index in [1.807, 2.05) is 0 Å². The summed E-state index contributed by atoms with van der Waals surface area (Å²) in [6.45, 7) is 0. The highest BCUT2D eigenvalue weighted by Crippen LogP contribution is 2.42. The lowest BCUT2D eigenvalue weighted by molar-refractivity contribution is 1.16. The van der Waals surface area contributed by atoms with Gasteiger partial charge in [-0.05, 0) is 107 Å². The Morgan fingerprint density at radius 3 is 1.11 bits per heavy atom. The van der Waals surface area contributed by atoms with Crippen molar-refractivity contribution in [3.63, 3.8) is 0 Å². The van der Waals surface area contributed by atoms with Crippen LogP contribution in [0.3, 0.4) is 0 Å². The van der Waals surface area contributed by atoms with Gasteiger partial charge in [-0.15, -0.1) is 0 Å². The third kappa shape index (κ3) is 4.86. The van der Waals surface area contributed by atoms with E-state index in [0.29, 0.717) is 0 Å². The second-order valence-corrected chi connectivity index (χ2v) is 15.0. The van der Waals surface area contributed by atoms with Crippen molar-refractivity contribution >= 4 is 65.4 Å². The molecule has 3 nitrogen and oxygen atoms in total. The van der Waals surface area contributed by atoms with E-state index in [9.17, 15) is 0 Å². The molecule has 266 valence electrons. The van der Waals surface area contributed by atoms with Crippen molar-refractivity contribution in [3.05, 3.63) is 212 Å². The van der Waals surface area contributed by atoms with Crippen LogP contribution in [0.2, 0.25) is 0 Å². The lowest BCUT2D eigenvalue weighted by Crippen LogP contribution is -1.95. The molecule has 57 heavy (non-hydrogen) atoms. The van der Waals surface area contributed by atoms with E-state index >= 15 is 0 Å². The fraction of sp³-hybridized carbons (Fsp3) is 0. The zero-order valence-electron chi connectivity index (χ0n) is 31.0. The molecule has 0 aliphatic carbocycles. The van der Waals surface area contributed by atoms with Crippen LogP contribution in [0.5, 0.6) is 0 Å². The number of benzene rings is 9. The molecule has 0 aliphatic rings. The molecule has 12 aromatic rings. The highest BCUT2D eigenvalue weighted by molar-refractivity contribution is 6.20. The molecule has 0 fully saturated rings. The standard InChI is InChI=1S/C54H35N3/c1-5-15-36(16-6-1)37-26-29-50-45(31-37)47-34-48-46-32-38(39-25-28-44-43-23-13-14-24-49(43)55(52(44)33-39)40-17-7-2-8-18-40)27-30-51(46)57(42-21-11-4-12-22-42)54(48)35-53(47)56(50)41-19-9-3-10-20-41/h1-35H. The van der Waals surface area contributed by atoms with Crippen molar-refractivity contribution in [1.29, 1.82) is 0 Å². The molecule has 0 spiro atoms. The average molecular weight is 726 g/mol. The second kappa shape index (κ2) is 12.5. The molecular weight excluding hydrogens is 691 g/mol. The first-order valence-electron chi connectivity index (χ1n) is 19.6. The van der Waals surface area contributed by atoms with Crippen LogP contribution in [0.1, 0.15) is 0 Å². The molecule has 0 unspecified atom stereocenters. The van der Waals surface area contributed by atoms with Gasteiger partial charge < -0.3 is 13.7 Å². The van der Waals surface area contributed by atoms with Gasteiger partial charge in [0.2, 0.25) is 0 Å². The van der Waals surface area contributed by atoms with Crippen LogP contribution < -0.4 is 0 Å². The van der Waals surface area contributed by atoms with Crippen LogP contribution in [0.25, 0.3) is 105 Å². The number of aromatic nitrogens is 3. The quantitative estimate of drug-likeness (QED) is 0.168. The zero-order chi connectivity index (χ0) is 37.5. The van der Waals surface area contributed by atoms with Gasteiger partial charge in [-0.2, -0.15) is 0 Å². The molecule has 12 rings (SSSR count). The fourth-order valence-corrected chi connectivity index (χ4v) is 9.24. The normalized spacial score (nSPS) is 11.9. The Morgan fingerprint density at radius 1 is 0.193 bits per heavy atom. The molecule has 3 aromatic heterocycles. The summed E-state index contributed by atoms with van der Waals surface area (Å²) in [5.74, 6) is 0. The second-order valence-electron chi connectivity index (χ2n) is 15.0. The van der Waals surface area contributed by atoms with Crippen molar-refractivity contribution in [2.45, 2.75) is 0 Å². The summed E-state index contributed by atoms with van der Waals surface area (Å²) < 4.78 is 7.27. The van der Waals surface area contributed by atoms with Gasteiger partial charge in [-0.25, -0.2) is 0 Å². The topological polar surface area (TPSA) is 14.8 Å². The van der Waals surface area contributed by atoms with E-state index in [1.165, 1.54) is 87.7 Å². The molecular formula is C54H35N3. The van der Waals surface area contributed by atoms with E-state index in [-0.39, 0.29) is 0 Å². The van der Waals surface area contributed by atoms with Crippen LogP contribution in [0, 0.1) is 0 Å². The molecule has 0 N–H and O–H groups in total. The molecule has 3 heterocycles. The predicted molar refractivity (Wildman–Crippen MR) is 240 cm³/mol. The van der Waals surface area contributed by atoms with Crippen LogP contribution >= 0.6 is 0 Å². The fourth-order valence-electron chi connectivity index (χ4n) is 9.24. The highest BCUT2D eigenvalue weighted by atomic mass is 15.0. The largest absolute Gasteiger partial charge is 0.309 e. The Bertz CT molecular complexity index is 3480. The number of rotatable bonds is 5. The zero-order valence-corrected chi connectivity index (χ0v) is 31.0. The van der Waals surface area contributed by atoms with Crippen molar-refractivity contribution in [1.82, 2.24) is 13.7 Å². The van der Waals surface area contributed by atoms with Gasteiger partial charge >= 0.3 is 0 Å². The first-order chi connectivity index (χ1) is 28.3. The van der Waals surface area contributed by atoms with Crippen molar-refractivity contribution < 1.29 is 0 Å². The molecule has 0 bridgehead atoms. The molecule has 0 saturated carbocycles. The van der Waals surface area contributed by atoms with Gasteiger partial charge in [0.05, 0.1) is 33.1 Å². The predicted octanol–water partition coefficient (Wildman–Crippen LogP) is 14.3.